The first-order chi connectivity index (χ1) is 11.2. The van der Waals surface area contributed by atoms with E-state index >= 15 is 0 Å². The third kappa shape index (κ3) is 3.83. The summed E-state index contributed by atoms with van der Waals surface area (Å²) in [6, 6.07) is 3.44. The van der Waals surface area contributed by atoms with Crippen molar-refractivity contribution >= 4 is 5.91 Å². The average Bonchev–Trinajstić information content (AvgIpc) is 2.52. The van der Waals surface area contributed by atoms with E-state index in [0.717, 1.165) is 18.3 Å². The Labute approximate surface area is 134 Å². The average molecular weight is 343 g/mol. The Morgan fingerprint density at radius 1 is 1.21 bits per heavy atom. The van der Waals surface area contributed by atoms with Crippen molar-refractivity contribution in [1.29, 1.82) is 0 Å². The summed E-state index contributed by atoms with van der Waals surface area (Å²) in [4.78, 5) is 19.1. The molecule has 0 atom stereocenters. The smallest absolute Gasteiger partial charge is 0.496 e. The van der Waals surface area contributed by atoms with E-state index in [-0.39, 0.29) is 23.0 Å². The summed E-state index contributed by atoms with van der Waals surface area (Å²) in [5.41, 5.74) is 5.46. The first kappa shape index (κ1) is 17.3. The Bertz CT molecular complexity index is 765. The molecule has 0 aliphatic carbocycles. The van der Waals surface area contributed by atoms with Crippen LogP contribution in [0.5, 0.6) is 17.4 Å². The van der Waals surface area contributed by atoms with Crippen LogP contribution in [0.15, 0.2) is 24.4 Å². The largest absolute Gasteiger partial charge is 0.573 e. The number of hydrogen-bond donors (Lipinski definition) is 1. The Balaban J connectivity index is 2.50. The minimum absolute atomic E-state index is 0.0333. The van der Waals surface area contributed by atoms with Crippen LogP contribution in [0.2, 0.25) is 0 Å². The van der Waals surface area contributed by atoms with Crippen molar-refractivity contribution in [3.05, 3.63) is 30.1 Å². The van der Waals surface area contributed by atoms with Crippen molar-refractivity contribution in [3.63, 3.8) is 0 Å². The first-order valence-corrected chi connectivity index (χ1v) is 6.40. The van der Waals surface area contributed by atoms with E-state index in [0.29, 0.717) is 5.56 Å². The molecule has 1 aromatic heterocycles. The standard InChI is InChI=1S/C14H12F3N3O4/c1-22-10-5-7(24-14(15,16)17)3-4-8(10)11-13(23-2)20-9(6-19-11)12(18)21/h3-6H,1-2H3,(H2,18,21). The summed E-state index contributed by atoms with van der Waals surface area (Å²) >= 11 is 0. The maximum absolute atomic E-state index is 12.3. The molecule has 0 bridgehead atoms. The van der Waals surface area contributed by atoms with Crippen LogP contribution in [-0.2, 0) is 0 Å². The van der Waals surface area contributed by atoms with Gasteiger partial charge in [0, 0.05) is 11.6 Å². The Kier molecular flexibility index (Phi) is 4.77. The lowest BCUT2D eigenvalue weighted by molar-refractivity contribution is -0.274. The molecular formula is C14H12F3N3O4. The lowest BCUT2D eigenvalue weighted by Gasteiger charge is -2.14. The van der Waals surface area contributed by atoms with Gasteiger partial charge < -0.3 is 19.9 Å². The van der Waals surface area contributed by atoms with Crippen LogP contribution < -0.4 is 19.9 Å². The van der Waals surface area contributed by atoms with Gasteiger partial charge in [0.1, 0.15) is 22.9 Å². The number of nitrogens with zero attached hydrogens (tertiary/aromatic N) is 2. The monoisotopic (exact) mass is 343 g/mol. The minimum atomic E-state index is -4.83. The zero-order valence-corrected chi connectivity index (χ0v) is 12.5. The number of primary amides is 1. The molecule has 2 rings (SSSR count). The molecule has 0 fully saturated rings. The SMILES string of the molecule is COc1cc(OC(F)(F)F)ccc1-c1ncc(C(N)=O)nc1OC. The maximum atomic E-state index is 12.3. The van der Waals surface area contributed by atoms with Crippen molar-refractivity contribution in [3.8, 4) is 28.6 Å². The van der Waals surface area contributed by atoms with Gasteiger partial charge in [-0.1, -0.05) is 0 Å². The molecule has 128 valence electrons. The van der Waals surface area contributed by atoms with Gasteiger partial charge in [0.2, 0.25) is 5.88 Å². The van der Waals surface area contributed by atoms with Crippen molar-refractivity contribution in [2.24, 2.45) is 5.73 Å². The van der Waals surface area contributed by atoms with Crippen LogP contribution in [0.1, 0.15) is 10.5 Å². The summed E-state index contributed by atoms with van der Waals surface area (Å²) < 4.78 is 50.8. The third-order valence-electron chi connectivity index (χ3n) is 2.85. The fourth-order valence-corrected chi connectivity index (χ4v) is 1.88. The quantitative estimate of drug-likeness (QED) is 0.894. The van der Waals surface area contributed by atoms with Crippen LogP contribution in [0.4, 0.5) is 13.2 Å². The number of carbonyl (C=O) groups is 1. The number of carbonyl (C=O) groups excluding carboxylic acids is 1. The molecule has 2 N–H and O–H groups in total. The summed E-state index contributed by atoms with van der Waals surface area (Å²) in [5.74, 6) is -1.23. The predicted octanol–water partition coefficient (Wildman–Crippen LogP) is 2.16. The molecular weight excluding hydrogens is 331 g/mol. The van der Waals surface area contributed by atoms with E-state index in [2.05, 4.69) is 14.7 Å². The number of benzene rings is 1. The summed E-state index contributed by atoms with van der Waals surface area (Å²) in [5, 5.41) is 0. The number of hydrogen-bond acceptors (Lipinski definition) is 6. The van der Waals surface area contributed by atoms with Gasteiger partial charge in [-0.05, 0) is 12.1 Å². The third-order valence-corrected chi connectivity index (χ3v) is 2.85. The number of methoxy groups -OCH3 is 2. The van der Waals surface area contributed by atoms with Gasteiger partial charge in [-0.3, -0.25) is 4.79 Å². The highest BCUT2D eigenvalue weighted by atomic mass is 19.4. The lowest BCUT2D eigenvalue weighted by Crippen LogP contribution is -2.17. The summed E-state index contributed by atoms with van der Waals surface area (Å²) in [7, 11) is 2.57. The zero-order valence-electron chi connectivity index (χ0n) is 12.5. The molecule has 7 nitrogen and oxygen atoms in total. The zero-order chi connectivity index (χ0) is 17.9. The molecule has 0 saturated carbocycles. The van der Waals surface area contributed by atoms with E-state index in [1.807, 2.05) is 0 Å². The Morgan fingerprint density at radius 3 is 2.46 bits per heavy atom. The topological polar surface area (TPSA) is 96.6 Å². The molecule has 0 radical (unpaired) electrons. The fraction of sp³-hybridized carbons (Fsp3) is 0.214. The molecule has 24 heavy (non-hydrogen) atoms. The van der Waals surface area contributed by atoms with Gasteiger partial charge in [-0.15, -0.1) is 13.2 Å². The highest BCUT2D eigenvalue weighted by molar-refractivity contribution is 5.91. The van der Waals surface area contributed by atoms with Gasteiger partial charge in [-0.25, -0.2) is 9.97 Å². The summed E-state index contributed by atoms with van der Waals surface area (Å²) in [6.45, 7) is 0. The van der Waals surface area contributed by atoms with Crippen LogP contribution in [0, 0.1) is 0 Å². The number of ether oxygens (including phenoxy) is 3. The highest BCUT2D eigenvalue weighted by Gasteiger charge is 2.31. The number of halogens is 3. The fourth-order valence-electron chi connectivity index (χ4n) is 1.88. The molecule has 1 amide bonds. The number of rotatable bonds is 5. The Morgan fingerprint density at radius 2 is 1.92 bits per heavy atom. The normalized spacial score (nSPS) is 11.0. The van der Waals surface area contributed by atoms with Crippen LogP contribution in [0.3, 0.4) is 0 Å². The van der Waals surface area contributed by atoms with Gasteiger partial charge in [0.25, 0.3) is 5.91 Å². The second-order valence-electron chi connectivity index (χ2n) is 4.39. The second-order valence-corrected chi connectivity index (χ2v) is 4.39. The molecule has 10 heteroatoms. The van der Waals surface area contributed by atoms with Gasteiger partial charge >= 0.3 is 6.36 Å². The van der Waals surface area contributed by atoms with Gasteiger partial charge in [0.15, 0.2) is 0 Å². The van der Waals surface area contributed by atoms with Crippen molar-refractivity contribution < 1.29 is 32.2 Å². The summed E-state index contributed by atoms with van der Waals surface area (Å²) in [6.07, 6.45) is -3.70. The number of alkyl halides is 3. The van der Waals surface area contributed by atoms with Crippen molar-refractivity contribution in [2.75, 3.05) is 14.2 Å². The number of aromatic nitrogens is 2. The molecule has 0 spiro atoms. The van der Waals surface area contributed by atoms with E-state index in [9.17, 15) is 18.0 Å². The van der Waals surface area contributed by atoms with E-state index < -0.39 is 18.0 Å². The second kappa shape index (κ2) is 6.60. The van der Waals surface area contributed by atoms with Crippen LogP contribution in [0.25, 0.3) is 11.3 Å². The molecule has 2 aromatic rings. The van der Waals surface area contributed by atoms with Crippen molar-refractivity contribution in [1.82, 2.24) is 9.97 Å². The number of nitrogens with two attached hydrogens (primary N) is 1. The van der Waals surface area contributed by atoms with Crippen LogP contribution >= 0.6 is 0 Å². The lowest BCUT2D eigenvalue weighted by atomic mass is 10.1. The van der Waals surface area contributed by atoms with Gasteiger partial charge in [0.05, 0.1) is 20.4 Å². The highest BCUT2D eigenvalue weighted by Crippen LogP contribution is 2.37. The minimum Gasteiger partial charge on any atom is -0.496 e. The van der Waals surface area contributed by atoms with E-state index in [4.69, 9.17) is 15.2 Å². The maximum Gasteiger partial charge on any atom is 0.573 e. The van der Waals surface area contributed by atoms with Crippen molar-refractivity contribution in [2.45, 2.75) is 6.36 Å². The predicted molar refractivity (Wildman–Crippen MR) is 75.8 cm³/mol. The first-order valence-electron chi connectivity index (χ1n) is 6.40. The number of amides is 1. The molecule has 0 aliphatic heterocycles. The van der Waals surface area contributed by atoms with Crippen LogP contribution in [-0.4, -0.2) is 36.5 Å². The molecule has 0 aliphatic rings. The van der Waals surface area contributed by atoms with E-state index in [1.165, 1.54) is 20.3 Å². The van der Waals surface area contributed by atoms with E-state index in [1.54, 1.807) is 0 Å². The Hall–Kier alpha value is -3.04. The molecule has 0 saturated heterocycles. The molecule has 1 heterocycles. The molecule has 1 aromatic carbocycles. The molecule has 0 unspecified atom stereocenters. The van der Waals surface area contributed by atoms with Gasteiger partial charge in [-0.2, -0.15) is 0 Å².